The van der Waals surface area contributed by atoms with Crippen LogP contribution in [0.1, 0.15) is 16.7 Å². The lowest BCUT2D eigenvalue weighted by atomic mass is 10.0. The maximum atomic E-state index is 13.1. The minimum atomic E-state index is -0.448. The van der Waals surface area contributed by atoms with E-state index in [9.17, 15) is 4.79 Å². The van der Waals surface area contributed by atoms with E-state index >= 15 is 0 Å². The second-order valence-electron chi connectivity index (χ2n) is 9.94. The van der Waals surface area contributed by atoms with Crippen LogP contribution in [-0.2, 0) is 11.3 Å². The summed E-state index contributed by atoms with van der Waals surface area (Å²) in [6.45, 7) is 2.89. The zero-order valence-corrected chi connectivity index (χ0v) is 23.1. The fourth-order valence-corrected chi connectivity index (χ4v) is 6.04. The van der Waals surface area contributed by atoms with E-state index in [1.165, 1.54) is 33.1 Å². The molecule has 41 heavy (non-hydrogen) atoms. The van der Waals surface area contributed by atoms with E-state index in [2.05, 4.69) is 63.2 Å². The summed E-state index contributed by atoms with van der Waals surface area (Å²) in [6, 6.07) is 30.6. The molecule has 0 aliphatic carbocycles. The van der Waals surface area contributed by atoms with Crippen LogP contribution in [0.15, 0.2) is 113 Å². The van der Waals surface area contributed by atoms with Crippen molar-refractivity contribution in [1.82, 2.24) is 9.58 Å². The molecule has 7 nitrogen and oxygen atoms in total. The van der Waals surface area contributed by atoms with Crippen LogP contribution in [0.4, 0.5) is 0 Å². The zero-order chi connectivity index (χ0) is 27.9. The molecule has 3 heterocycles. The van der Waals surface area contributed by atoms with Gasteiger partial charge in [-0.15, -0.1) is 0 Å². The number of amides is 1. The highest BCUT2D eigenvalue weighted by Gasteiger charge is 2.36. The van der Waals surface area contributed by atoms with Crippen molar-refractivity contribution < 1.29 is 9.53 Å². The number of aryl methyl sites for hydroxylation is 1. The molecule has 0 unspecified atom stereocenters. The molecule has 0 spiro atoms. The minimum absolute atomic E-state index is 0.00396. The highest BCUT2D eigenvalue weighted by molar-refractivity contribution is 8.27. The molecule has 0 saturated carbocycles. The van der Waals surface area contributed by atoms with E-state index < -0.39 is 5.91 Å². The maximum Gasteiger partial charge on any atom is 0.283 e. The van der Waals surface area contributed by atoms with Gasteiger partial charge in [-0.25, -0.2) is 0 Å². The van der Waals surface area contributed by atoms with E-state index in [4.69, 9.17) is 10.1 Å². The monoisotopic (exact) mass is 555 g/mol. The third-order valence-corrected chi connectivity index (χ3v) is 8.16. The number of para-hydroxylation sites is 2. The van der Waals surface area contributed by atoms with Gasteiger partial charge in [0.05, 0.1) is 5.57 Å². The summed E-state index contributed by atoms with van der Waals surface area (Å²) in [5.74, 6) is 0.328. The number of nitrogens with one attached hydrogen (secondary N) is 1. The normalized spacial score (nSPS) is 15.9. The Labute approximate surface area is 241 Å². The molecule has 0 atom stereocenters. The van der Waals surface area contributed by atoms with Crippen LogP contribution in [-0.4, -0.2) is 38.1 Å². The number of hydrazone groups is 1. The Morgan fingerprint density at radius 3 is 2.56 bits per heavy atom. The van der Waals surface area contributed by atoms with E-state index in [1.54, 1.807) is 6.08 Å². The molecule has 1 amide bonds. The number of aliphatic imine (C=N–C) groups is 1. The van der Waals surface area contributed by atoms with Gasteiger partial charge in [0, 0.05) is 29.2 Å². The molecule has 0 radical (unpaired) electrons. The second-order valence-corrected chi connectivity index (χ2v) is 11.0. The average molecular weight is 556 g/mol. The van der Waals surface area contributed by atoms with E-state index in [1.807, 2.05) is 55.6 Å². The highest BCUT2D eigenvalue weighted by atomic mass is 32.2. The minimum Gasteiger partial charge on any atom is -0.486 e. The third kappa shape index (κ3) is 4.62. The van der Waals surface area contributed by atoms with Crippen LogP contribution in [0.25, 0.3) is 27.8 Å². The van der Waals surface area contributed by atoms with Crippen molar-refractivity contribution >= 4 is 61.5 Å². The summed E-state index contributed by atoms with van der Waals surface area (Å²) in [6.07, 6.45) is 3.80. The second kappa shape index (κ2) is 10.2. The van der Waals surface area contributed by atoms with Crippen molar-refractivity contribution in [2.75, 3.05) is 6.61 Å². The number of fused-ring (bicyclic) bond motifs is 3. The van der Waals surface area contributed by atoms with E-state index in [-0.39, 0.29) is 18.0 Å². The summed E-state index contributed by atoms with van der Waals surface area (Å²) in [7, 11) is 0. The highest BCUT2D eigenvalue weighted by Crippen LogP contribution is 2.31. The molecule has 0 bridgehead atoms. The van der Waals surface area contributed by atoms with Crippen LogP contribution < -0.4 is 4.74 Å². The van der Waals surface area contributed by atoms with Crippen LogP contribution in [0.2, 0.25) is 0 Å². The Bertz CT molecular complexity index is 1960. The number of thioether (sulfide) groups is 1. The standard InChI is InChI=1S/C33H25N5O2S/c1-21-9-2-7-16-29(21)40-20-30-36-38-31(34)27(32(39)35-33(38)41-30)17-24-19-37(28-15-6-5-14-26(24)28)18-23-12-8-11-22-10-3-4-13-25(22)23/h2-17,19,34H,18,20H2,1H3/b27-17-,34-31?. The summed E-state index contributed by atoms with van der Waals surface area (Å²) in [4.78, 5) is 17.4. The summed E-state index contributed by atoms with van der Waals surface area (Å²) in [5, 5.41) is 19.2. The Morgan fingerprint density at radius 1 is 0.927 bits per heavy atom. The SMILES string of the molecule is Cc1ccccc1OCC1=NN2C(=N)/C(=C/c3cn(Cc4cccc5ccccc45)c4ccccc34)C(=O)N=C2S1. The summed E-state index contributed by atoms with van der Waals surface area (Å²) >= 11 is 1.25. The van der Waals surface area contributed by atoms with Crippen LogP contribution >= 0.6 is 11.8 Å². The van der Waals surface area contributed by atoms with Crippen molar-refractivity contribution in [2.24, 2.45) is 10.1 Å². The van der Waals surface area contributed by atoms with E-state index in [0.717, 1.165) is 27.8 Å². The van der Waals surface area contributed by atoms with Crippen molar-refractivity contribution in [3.63, 3.8) is 0 Å². The number of aromatic nitrogens is 1. The number of carbonyl (C=O) groups is 1. The Balaban J connectivity index is 1.19. The van der Waals surface area contributed by atoms with Crippen molar-refractivity contribution in [3.05, 3.63) is 119 Å². The van der Waals surface area contributed by atoms with Gasteiger partial charge >= 0.3 is 0 Å². The van der Waals surface area contributed by atoms with E-state index in [0.29, 0.717) is 16.8 Å². The molecule has 4 aromatic carbocycles. The molecular weight excluding hydrogens is 530 g/mol. The third-order valence-electron chi connectivity index (χ3n) is 7.28. The first-order chi connectivity index (χ1) is 20.0. The molecule has 0 saturated heterocycles. The van der Waals surface area contributed by atoms with Gasteiger partial charge in [-0.05, 0) is 58.8 Å². The van der Waals surface area contributed by atoms with Gasteiger partial charge in [0.15, 0.2) is 5.84 Å². The van der Waals surface area contributed by atoms with Gasteiger partial charge in [0.2, 0.25) is 5.17 Å². The predicted molar refractivity (Wildman–Crippen MR) is 167 cm³/mol. The first-order valence-electron chi connectivity index (χ1n) is 13.3. The quantitative estimate of drug-likeness (QED) is 0.232. The summed E-state index contributed by atoms with van der Waals surface area (Å²) < 4.78 is 8.13. The first-order valence-corrected chi connectivity index (χ1v) is 14.1. The van der Waals surface area contributed by atoms with Crippen LogP contribution in [0.3, 0.4) is 0 Å². The zero-order valence-electron chi connectivity index (χ0n) is 22.2. The fraction of sp³-hybridized carbons (Fsp3) is 0.0909. The smallest absolute Gasteiger partial charge is 0.283 e. The fourth-order valence-electron chi connectivity index (χ4n) is 5.24. The number of amidine groups is 2. The van der Waals surface area contributed by atoms with Gasteiger partial charge in [-0.1, -0.05) is 78.9 Å². The van der Waals surface area contributed by atoms with Gasteiger partial charge in [-0.2, -0.15) is 15.1 Å². The number of rotatable bonds is 6. The molecule has 1 N–H and O–H groups in total. The lowest BCUT2D eigenvalue weighted by Gasteiger charge is -2.20. The number of benzene rings is 4. The lowest BCUT2D eigenvalue weighted by molar-refractivity contribution is -0.114. The van der Waals surface area contributed by atoms with Gasteiger partial charge < -0.3 is 9.30 Å². The molecule has 8 heteroatoms. The van der Waals surface area contributed by atoms with Crippen molar-refractivity contribution in [2.45, 2.75) is 13.5 Å². The van der Waals surface area contributed by atoms with Crippen LogP contribution in [0, 0.1) is 12.3 Å². The molecular formula is C33H25N5O2S. The maximum absolute atomic E-state index is 13.1. The first kappa shape index (κ1) is 25.0. The topological polar surface area (TPSA) is 83.0 Å². The van der Waals surface area contributed by atoms with Crippen molar-refractivity contribution in [1.29, 1.82) is 5.41 Å². The molecule has 200 valence electrons. The molecule has 2 aliphatic heterocycles. The number of nitrogens with zero attached hydrogens (tertiary/aromatic N) is 4. The van der Waals surface area contributed by atoms with Crippen molar-refractivity contribution in [3.8, 4) is 5.75 Å². The van der Waals surface area contributed by atoms with Crippen LogP contribution in [0.5, 0.6) is 5.75 Å². The largest absolute Gasteiger partial charge is 0.486 e. The number of carbonyl (C=O) groups excluding carboxylic acids is 1. The van der Waals surface area contributed by atoms with Gasteiger partial charge in [0.1, 0.15) is 17.4 Å². The average Bonchev–Trinajstić information content (AvgIpc) is 3.56. The summed E-state index contributed by atoms with van der Waals surface area (Å²) in [5.41, 5.74) is 4.34. The lowest BCUT2D eigenvalue weighted by Crippen LogP contribution is -2.35. The Morgan fingerprint density at radius 2 is 1.68 bits per heavy atom. The predicted octanol–water partition coefficient (Wildman–Crippen LogP) is 6.85. The molecule has 5 aromatic rings. The molecule has 7 rings (SSSR count). The van der Waals surface area contributed by atoms with Gasteiger partial charge in [-0.3, -0.25) is 10.2 Å². The van der Waals surface area contributed by atoms with Gasteiger partial charge in [0.25, 0.3) is 5.91 Å². The Hall–Kier alpha value is -4.95. The number of ether oxygens (including phenoxy) is 1. The molecule has 0 fully saturated rings. The molecule has 2 aliphatic rings. The number of hydrogen-bond acceptors (Lipinski definition) is 5. The Kier molecular flexibility index (Phi) is 6.24. The number of hydrogen-bond donors (Lipinski definition) is 1. The molecule has 1 aromatic heterocycles.